The number of ether oxygens (including phenoxy) is 1. The molecule has 0 radical (unpaired) electrons. The van der Waals surface area contributed by atoms with Crippen LogP contribution in [0.15, 0.2) is 59.5 Å². The fraction of sp³-hybridized carbons (Fsp3) is 0.350. The van der Waals surface area contributed by atoms with E-state index >= 15 is 0 Å². The molecular weight excluding hydrogens is 332 g/mol. The van der Waals surface area contributed by atoms with Gasteiger partial charge in [0.05, 0.1) is 19.0 Å². The Balaban J connectivity index is 1.44. The van der Waals surface area contributed by atoms with E-state index in [0.717, 1.165) is 43.3 Å². The molecule has 1 saturated heterocycles. The van der Waals surface area contributed by atoms with Gasteiger partial charge in [0.1, 0.15) is 0 Å². The smallest absolute Gasteiger partial charge is 0.230 e. The van der Waals surface area contributed by atoms with Crippen molar-refractivity contribution in [2.24, 2.45) is 0 Å². The van der Waals surface area contributed by atoms with E-state index in [1.807, 2.05) is 30.3 Å². The van der Waals surface area contributed by atoms with Crippen molar-refractivity contribution in [2.75, 3.05) is 32.1 Å². The molecule has 1 heterocycles. The van der Waals surface area contributed by atoms with E-state index in [-0.39, 0.29) is 5.91 Å². The number of morpholine rings is 1. The van der Waals surface area contributed by atoms with Crippen molar-refractivity contribution in [2.45, 2.75) is 18.0 Å². The number of nitrogens with zero attached hydrogens (tertiary/aromatic N) is 1. The van der Waals surface area contributed by atoms with Crippen molar-refractivity contribution in [1.82, 2.24) is 10.2 Å². The maximum Gasteiger partial charge on any atom is 0.230 e. The number of thioether (sulfide) groups is 1. The second kappa shape index (κ2) is 9.61. The van der Waals surface area contributed by atoms with Gasteiger partial charge in [-0.3, -0.25) is 9.69 Å². The molecule has 1 N–H and O–H groups in total. The molecule has 0 bridgehead atoms. The molecule has 5 heteroatoms. The van der Waals surface area contributed by atoms with Gasteiger partial charge < -0.3 is 10.1 Å². The van der Waals surface area contributed by atoms with E-state index in [9.17, 15) is 4.79 Å². The number of hydrogen-bond donors (Lipinski definition) is 1. The summed E-state index contributed by atoms with van der Waals surface area (Å²) in [6, 6.07) is 18.4. The summed E-state index contributed by atoms with van der Waals surface area (Å²) in [5.41, 5.74) is 2.43. The van der Waals surface area contributed by atoms with Crippen LogP contribution in [-0.4, -0.2) is 42.9 Å². The van der Waals surface area contributed by atoms with Gasteiger partial charge in [-0.1, -0.05) is 42.5 Å². The molecule has 0 atom stereocenters. The van der Waals surface area contributed by atoms with Gasteiger partial charge in [-0.15, -0.1) is 11.8 Å². The Kier molecular flexibility index (Phi) is 6.91. The molecule has 0 aromatic heterocycles. The van der Waals surface area contributed by atoms with E-state index < -0.39 is 0 Å². The molecule has 2 aromatic rings. The Morgan fingerprint density at radius 1 is 1.04 bits per heavy atom. The van der Waals surface area contributed by atoms with Crippen molar-refractivity contribution in [3.05, 3.63) is 65.7 Å². The van der Waals surface area contributed by atoms with Gasteiger partial charge in [0.2, 0.25) is 5.91 Å². The van der Waals surface area contributed by atoms with Gasteiger partial charge >= 0.3 is 0 Å². The Morgan fingerprint density at radius 3 is 2.60 bits per heavy atom. The summed E-state index contributed by atoms with van der Waals surface area (Å²) in [6.07, 6.45) is 0. The second-order valence-corrected chi connectivity index (χ2v) is 7.14. The Labute approximate surface area is 153 Å². The van der Waals surface area contributed by atoms with E-state index in [1.54, 1.807) is 11.8 Å². The minimum Gasteiger partial charge on any atom is -0.379 e. The number of nitrogens with one attached hydrogen (secondary N) is 1. The molecule has 25 heavy (non-hydrogen) atoms. The van der Waals surface area contributed by atoms with Crippen LogP contribution in [0.25, 0.3) is 0 Å². The zero-order valence-electron chi connectivity index (χ0n) is 14.3. The Bertz CT molecular complexity index is 672. The molecule has 3 rings (SSSR count). The molecule has 1 aliphatic rings. The lowest BCUT2D eigenvalue weighted by Crippen LogP contribution is -2.35. The van der Waals surface area contributed by atoms with E-state index in [2.05, 4.69) is 34.5 Å². The van der Waals surface area contributed by atoms with Crippen LogP contribution in [0.5, 0.6) is 0 Å². The molecular formula is C20H24N2O2S. The summed E-state index contributed by atoms with van der Waals surface area (Å²) in [7, 11) is 0. The van der Waals surface area contributed by atoms with Crippen LogP contribution in [0.3, 0.4) is 0 Å². The molecule has 4 nitrogen and oxygen atoms in total. The summed E-state index contributed by atoms with van der Waals surface area (Å²) >= 11 is 1.56. The maximum atomic E-state index is 12.0. The minimum absolute atomic E-state index is 0.0624. The average molecular weight is 356 g/mol. The first kappa shape index (κ1) is 18.0. The van der Waals surface area contributed by atoms with Gasteiger partial charge in [-0.2, -0.15) is 0 Å². The van der Waals surface area contributed by atoms with Gasteiger partial charge in [0.15, 0.2) is 0 Å². The molecule has 1 fully saturated rings. The Morgan fingerprint density at radius 2 is 1.80 bits per heavy atom. The van der Waals surface area contributed by atoms with E-state index in [0.29, 0.717) is 12.3 Å². The highest BCUT2D eigenvalue weighted by Crippen LogP contribution is 2.16. The third-order valence-electron chi connectivity index (χ3n) is 4.10. The fourth-order valence-corrected chi connectivity index (χ4v) is 3.52. The summed E-state index contributed by atoms with van der Waals surface area (Å²) in [5, 5.41) is 3.01. The highest BCUT2D eigenvalue weighted by atomic mass is 32.2. The summed E-state index contributed by atoms with van der Waals surface area (Å²) < 4.78 is 5.39. The lowest BCUT2D eigenvalue weighted by atomic mass is 10.1. The average Bonchev–Trinajstić information content (AvgIpc) is 2.67. The molecule has 1 amide bonds. The van der Waals surface area contributed by atoms with Gasteiger partial charge in [0, 0.05) is 31.1 Å². The predicted octanol–water partition coefficient (Wildman–Crippen LogP) is 2.93. The normalized spacial score (nSPS) is 15.0. The number of carbonyl (C=O) groups is 1. The lowest BCUT2D eigenvalue weighted by molar-refractivity contribution is -0.118. The van der Waals surface area contributed by atoms with Crippen LogP contribution in [0.4, 0.5) is 0 Å². The minimum atomic E-state index is 0.0624. The van der Waals surface area contributed by atoms with Crippen molar-refractivity contribution in [3.8, 4) is 0 Å². The summed E-state index contributed by atoms with van der Waals surface area (Å²) in [5.74, 6) is 0.504. The van der Waals surface area contributed by atoms with Crippen LogP contribution in [0.2, 0.25) is 0 Å². The van der Waals surface area contributed by atoms with Crippen LogP contribution in [0.1, 0.15) is 11.1 Å². The van der Waals surface area contributed by atoms with Crippen molar-refractivity contribution in [1.29, 1.82) is 0 Å². The zero-order valence-corrected chi connectivity index (χ0v) is 15.1. The van der Waals surface area contributed by atoms with E-state index in [1.165, 1.54) is 5.56 Å². The monoisotopic (exact) mass is 356 g/mol. The molecule has 132 valence electrons. The summed E-state index contributed by atoms with van der Waals surface area (Å²) in [6.45, 7) is 5.11. The Hall–Kier alpha value is -1.82. The highest BCUT2D eigenvalue weighted by molar-refractivity contribution is 8.00. The van der Waals surface area contributed by atoms with Gasteiger partial charge in [-0.05, 0) is 23.3 Å². The topological polar surface area (TPSA) is 41.6 Å². The molecule has 0 saturated carbocycles. The van der Waals surface area contributed by atoms with Crippen LogP contribution >= 0.6 is 11.8 Å². The second-order valence-electron chi connectivity index (χ2n) is 6.09. The maximum absolute atomic E-state index is 12.0. The van der Waals surface area contributed by atoms with Crippen LogP contribution < -0.4 is 5.32 Å². The van der Waals surface area contributed by atoms with Crippen LogP contribution in [0, 0.1) is 0 Å². The molecule has 2 aromatic carbocycles. The van der Waals surface area contributed by atoms with Crippen molar-refractivity contribution in [3.63, 3.8) is 0 Å². The number of carbonyl (C=O) groups excluding carboxylic acids is 1. The van der Waals surface area contributed by atoms with E-state index in [4.69, 9.17) is 4.74 Å². The largest absolute Gasteiger partial charge is 0.379 e. The highest BCUT2D eigenvalue weighted by Gasteiger charge is 2.11. The predicted molar refractivity (Wildman–Crippen MR) is 102 cm³/mol. The van der Waals surface area contributed by atoms with Gasteiger partial charge in [-0.25, -0.2) is 0 Å². The fourth-order valence-electron chi connectivity index (χ4n) is 2.77. The lowest BCUT2D eigenvalue weighted by Gasteiger charge is -2.26. The molecule has 1 aliphatic heterocycles. The number of amides is 1. The zero-order chi connectivity index (χ0) is 17.3. The number of rotatable bonds is 7. The SMILES string of the molecule is O=C(CSc1ccccc1)NCc1cccc(CN2CCOCC2)c1. The standard InChI is InChI=1S/C20H24N2O2S/c23-20(16-25-19-7-2-1-3-8-19)21-14-17-5-4-6-18(13-17)15-22-9-11-24-12-10-22/h1-8,13H,9-12,14-16H2,(H,21,23). The van der Waals surface area contributed by atoms with Crippen LogP contribution in [-0.2, 0) is 22.6 Å². The van der Waals surface area contributed by atoms with Crippen molar-refractivity contribution < 1.29 is 9.53 Å². The molecule has 0 spiro atoms. The van der Waals surface area contributed by atoms with Gasteiger partial charge in [0.25, 0.3) is 0 Å². The third kappa shape index (κ3) is 6.20. The summed E-state index contributed by atoms with van der Waals surface area (Å²) in [4.78, 5) is 15.6. The number of hydrogen-bond acceptors (Lipinski definition) is 4. The molecule has 0 unspecified atom stereocenters. The quantitative estimate of drug-likeness (QED) is 0.775. The number of benzene rings is 2. The first-order chi connectivity index (χ1) is 12.3. The van der Waals surface area contributed by atoms with Crippen molar-refractivity contribution >= 4 is 17.7 Å². The first-order valence-electron chi connectivity index (χ1n) is 8.62. The third-order valence-corrected chi connectivity index (χ3v) is 5.12. The molecule has 0 aliphatic carbocycles. The first-order valence-corrected chi connectivity index (χ1v) is 9.60.